The molecule has 0 atom stereocenters. The molecular weight excluding hydrogens is 571 g/mol. The van der Waals surface area contributed by atoms with E-state index in [2.05, 4.69) is 173 Å². The van der Waals surface area contributed by atoms with Gasteiger partial charge in [0.1, 0.15) is 11.2 Å². The quantitative estimate of drug-likeness (QED) is 0.193. The van der Waals surface area contributed by atoms with Gasteiger partial charge >= 0.3 is 0 Å². The van der Waals surface area contributed by atoms with Crippen LogP contribution in [0, 0.1) is 0 Å². The van der Waals surface area contributed by atoms with Crippen molar-refractivity contribution in [1.29, 1.82) is 0 Å². The van der Waals surface area contributed by atoms with Crippen LogP contribution in [0.15, 0.2) is 138 Å². The van der Waals surface area contributed by atoms with E-state index < -0.39 is 0 Å². The molecule has 0 spiro atoms. The predicted octanol–water partition coefficient (Wildman–Crippen LogP) is 13.0. The van der Waals surface area contributed by atoms with Crippen LogP contribution in [0.1, 0.15) is 56.9 Å². The van der Waals surface area contributed by atoms with Crippen molar-refractivity contribution in [2.24, 2.45) is 0 Å². The summed E-state index contributed by atoms with van der Waals surface area (Å²) in [6.45, 7) is 15.5. The molecule has 1 heterocycles. The fourth-order valence-corrected chi connectivity index (χ4v) is 7.42. The molecule has 0 fully saturated rings. The number of fused-ring (bicyclic) bond motifs is 6. The number of benzene rings is 6. The van der Waals surface area contributed by atoms with Crippen LogP contribution in [0.3, 0.4) is 0 Å². The summed E-state index contributed by atoms with van der Waals surface area (Å²) >= 11 is 0. The first-order chi connectivity index (χ1) is 22.6. The second kappa shape index (κ2) is 10.6. The summed E-state index contributed by atoms with van der Waals surface area (Å²) < 4.78 is 6.53. The van der Waals surface area contributed by atoms with Crippen LogP contribution in [0.5, 0.6) is 0 Å². The van der Waals surface area contributed by atoms with E-state index in [4.69, 9.17) is 4.42 Å². The first kappa shape index (κ1) is 29.1. The highest BCUT2D eigenvalue weighted by Crippen LogP contribution is 2.55. The van der Waals surface area contributed by atoms with Crippen molar-refractivity contribution in [3.8, 4) is 22.3 Å². The Morgan fingerprint density at radius 1 is 0.638 bits per heavy atom. The second-order valence-electron chi connectivity index (χ2n) is 14.3. The van der Waals surface area contributed by atoms with E-state index in [1.54, 1.807) is 0 Å². The lowest BCUT2D eigenvalue weighted by Crippen LogP contribution is -2.20. The molecule has 0 saturated heterocycles. The molecule has 2 nitrogen and oxygen atoms in total. The number of anilines is 3. The number of hydrogen-bond acceptors (Lipinski definition) is 2. The van der Waals surface area contributed by atoms with E-state index >= 15 is 0 Å². The SMILES string of the molecule is C=Cc1ccc(-c2ccc3oc4cc(N(c5ccccc5)c5cccc6c5C(C)(C)c5ccc(C(C)(C)C)cc5-6)ccc4c3c2)cc1. The average molecular weight is 610 g/mol. The lowest BCUT2D eigenvalue weighted by Gasteiger charge is -2.32. The molecule has 0 N–H and O–H groups in total. The Bertz CT molecular complexity index is 2310. The first-order valence-corrected chi connectivity index (χ1v) is 16.5. The third-order valence-corrected chi connectivity index (χ3v) is 9.96. The van der Waals surface area contributed by atoms with Crippen molar-refractivity contribution in [3.05, 3.63) is 156 Å². The highest BCUT2D eigenvalue weighted by molar-refractivity contribution is 6.07. The molecule has 6 aromatic carbocycles. The maximum Gasteiger partial charge on any atom is 0.137 e. The zero-order valence-corrected chi connectivity index (χ0v) is 27.8. The van der Waals surface area contributed by atoms with Crippen molar-refractivity contribution in [1.82, 2.24) is 0 Å². The number of furan rings is 1. The van der Waals surface area contributed by atoms with Crippen molar-refractivity contribution in [2.45, 2.75) is 45.4 Å². The Labute approximate surface area is 277 Å². The summed E-state index contributed by atoms with van der Waals surface area (Å²) in [7, 11) is 0. The smallest absolute Gasteiger partial charge is 0.137 e. The Morgan fingerprint density at radius 3 is 2.15 bits per heavy atom. The zero-order valence-electron chi connectivity index (χ0n) is 27.8. The van der Waals surface area contributed by atoms with E-state index in [9.17, 15) is 0 Å². The van der Waals surface area contributed by atoms with E-state index in [0.717, 1.165) is 38.9 Å². The molecule has 47 heavy (non-hydrogen) atoms. The van der Waals surface area contributed by atoms with Crippen LogP contribution in [0.4, 0.5) is 17.1 Å². The maximum absolute atomic E-state index is 6.53. The highest BCUT2D eigenvalue weighted by atomic mass is 16.3. The maximum atomic E-state index is 6.53. The number of hydrogen-bond donors (Lipinski definition) is 0. The largest absolute Gasteiger partial charge is 0.456 e. The highest BCUT2D eigenvalue weighted by Gasteiger charge is 2.39. The minimum atomic E-state index is -0.172. The van der Waals surface area contributed by atoms with Gasteiger partial charge in [-0.05, 0) is 92.4 Å². The molecule has 0 radical (unpaired) electrons. The summed E-state index contributed by atoms with van der Waals surface area (Å²) in [5, 5.41) is 2.23. The van der Waals surface area contributed by atoms with Crippen molar-refractivity contribution in [2.75, 3.05) is 4.90 Å². The van der Waals surface area contributed by atoms with E-state index in [0.29, 0.717) is 0 Å². The van der Waals surface area contributed by atoms with Crippen LogP contribution >= 0.6 is 0 Å². The van der Waals surface area contributed by atoms with Crippen LogP contribution in [-0.4, -0.2) is 0 Å². The van der Waals surface area contributed by atoms with Crippen LogP contribution in [0.25, 0.3) is 50.3 Å². The molecule has 1 aromatic heterocycles. The second-order valence-corrected chi connectivity index (χ2v) is 14.3. The Kier molecular flexibility index (Phi) is 6.56. The van der Waals surface area contributed by atoms with Gasteiger partial charge in [0.15, 0.2) is 0 Å². The molecule has 0 unspecified atom stereocenters. The van der Waals surface area contributed by atoms with Gasteiger partial charge in [0.25, 0.3) is 0 Å². The van der Waals surface area contributed by atoms with Gasteiger partial charge in [0.05, 0.1) is 5.69 Å². The minimum Gasteiger partial charge on any atom is -0.456 e. The molecule has 0 saturated carbocycles. The molecule has 0 bridgehead atoms. The number of rotatable bonds is 5. The van der Waals surface area contributed by atoms with Gasteiger partial charge in [0, 0.05) is 33.6 Å². The van der Waals surface area contributed by atoms with Crippen molar-refractivity contribution < 1.29 is 4.42 Å². The van der Waals surface area contributed by atoms with E-state index in [1.807, 2.05) is 6.08 Å². The van der Waals surface area contributed by atoms with Gasteiger partial charge in [-0.3, -0.25) is 0 Å². The normalized spacial score (nSPS) is 13.5. The Hall–Kier alpha value is -5.34. The molecule has 1 aliphatic carbocycles. The summed E-state index contributed by atoms with van der Waals surface area (Å²) in [4.78, 5) is 2.40. The van der Waals surface area contributed by atoms with Gasteiger partial charge in [-0.15, -0.1) is 0 Å². The molecule has 0 amide bonds. The molecular formula is C45H39NO. The molecule has 1 aliphatic rings. The molecule has 0 aliphatic heterocycles. The topological polar surface area (TPSA) is 16.4 Å². The fourth-order valence-electron chi connectivity index (χ4n) is 7.42. The lowest BCUT2D eigenvalue weighted by atomic mass is 9.79. The summed E-state index contributed by atoms with van der Waals surface area (Å²) in [6, 6.07) is 46.2. The molecule has 230 valence electrons. The summed E-state index contributed by atoms with van der Waals surface area (Å²) in [5.41, 5.74) is 15.2. The van der Waals surface area contributed by atoms with Crippen molar-refractivity contribution >= 4 is 45.1 Å². The fraction of sp³-hybridized carbons (Fsp3) is 0.156. The van der Waals surface area contributed by atoms with Crippen LogP contribution < -0.4 is 4.90 Å². The number of para-hydroxylation sites is 1. The third kappa shape index (κ3) is 4.70. The average Bonchev–Trinajstić information content (AvgIpc) is 3.56. The zero-order chi connectivity index (χ0) is 32.5. The van der Waals surface area contributed by atoms with Gasteiger partial charge < -0.3 is 9.32 Å². The standard InChI is InChI=1S/C45H39NO/c1-7-29-16-18-30(19-17-29)31-20-25-41-38(26-31)35-23-22-34(28-42(35)47-41)46(33-12-9-8-10-13-33)40-15-11-14-36-37-27-32(44(2,3)4)21-24-39(37)45(5,6)43(36)40/h7-28H,1H2,2-6H3. The monoisotopic (exact) mass is 609 g/mol. The van der Waals surface area contributed by atoms with Gasteiger partial charge in [-0.2, -0.15) is 0 Å². The lowest BCUT2D eigenvalue weighted by molar-refractivity contribution is 0.589. The van der Waals surface area contributed by atoms with Crippen LogP contribution in [0.2, 0.25) is 0 Å². The molecule has 2 heteroatoms. The Balaban J connectivity index is 1.29. The molecule has 8 rings (SSSR count). The Morgan fingerprint density at radius 2 is 1.40 bits per heavy atom. The minimum absolute atomic E-state index is 0.0779. The summed E-state index contributed by atoms with van der Waals surface area (Å²) in [6.07, 6.45) is 1.87. The summed E-state index contributed by atoms with van der Waals surface area (Å²) in [5.74, 6) is 0. The number of nitrogens with zero attached hydrogens (tertiary/aromatic N) is 1. The van der Waals surface area contributed by atoms with Crippen LogP contribution in [-0.2, 0) is 10.8 Å². The van der Waals surface area contributed by atoms with E-state index in [1.165, 1.54) is 44.6 Å². The van der Waals surface area contributed by atoms with Crippen molar-refractivity contribution in [3.63, 3.8) is 0 Å². The first-order valence-electron chi connectivity index (χ1n) is 16.5. The van der Waals surface area contributed by atoms with Gasteiger partial charge in [-0.1, -0.05) is 126 Å². The predicted molar refractivity (Wildman–Crippen MR) is 200 cm³/mol. The van der Waals surface area contributed by atoms with E-state index in [-0.39, 0.29) is 10.8 Å². The third-order valence-electron chi connectivity index (χ3n) is 9.96. The molecule has 7 aromatic rings. The van der Waals surface area contributed by atoms with Gasteiger partial charge in [0.2, 0.25) is 0 Å². The van der Waals surface area contributed by atoms with Gasteiger partial charge in [-0.25, -0.2) is 0 Å².